The monoisotopic (exact) mass is 698 g/mol. The summed E-state index contributed by atoms with van der Waals surface area (Å²) in [6.45, 7) is 3.18. The predicted molar refractivity (Wildman–Crippen MR) is 182 cm³/mol. The number of pyridine rings is 1. The van der Waals surface area contributed by atoms with Crippen LogP contribution in [0.3, 0.4) is 0 Å². The Kier molecular flexibility index (Phi) is 9.69. The summed E-state index contributed by atoms with van der Waals surface area (Å²) in [4.78, 5) is 24.6. The Balaban J connectivity index is 1.29. The number of carbonyl (C=O) groups excluding carboxylic acids is 1. The molecule has 0 bridgehead atoms. The highest BCUT2D eigenvalue weighted by Crippen LogP contribution is 2.40. The van der Waals surface area contributed by atoms with E-state index in [9.17, 15) is 18.0 Å². The van der Waals surface area contributed by atoms with Crippen molar-refractivity contribution in [3.8, 4) is 17.2 Å². The van der Waals surface area contributed by atoms with Crippen LogP contribution >= 0.6 is 0 Å². The lowest BCUT2D eigenvalue weighted by Gasteiger charge is -2.53. The molecular formula is C37H37F3N8O3. The molecule has 51 heavy (non-hydrogen) atoms. The number of ether oxygens (including phenoxy) is 2. The van der Waals surface area contributed by atoms with Gasteiger partial charge in [-0.25, -0.2) is 0 Å². The van der Waals surface area contributed by atoms with Crippen molar-refractivity contribution in [3.63, 3.8) is 0 Å². The second-order valence-electron chi connectivity index (χ2n) is 12.6. The number of hydrogen-bond acceptors (Lipinski definition) is 9. The summed E-state index contributed by atoms with van der Waals surface area (Å²) in [6, 6.07) is 29.1. The van der Waals surface area contributed by atoms with Crippen molar-refractivity contribution in [2.45, 2.75) is 30.7 Å². The number of hydrogen-bond donors (Lipinski definition) is 0. The molecule has 7 rings (SSSR count). The van der Waals surface area contributed by atoms with Gasteiger partial charge in [-0.15, -0.1) is 5.10 Å². The predicted octanol–water partition coefficient (Wildman–Crippen LogP) is 4.94. The molecule has 264 valence electrons. The van der Waals surface area contributed by atoms with E-state index in [1.807, 2.05) is 41.3 Å². The van der Waals surface area contributed by atoms with Gasteiger partial charge in [-0.3, -0.25) is 19.6 Å². The van der Waals surface area contributed by atoms with Crippen LogP contribution in [0.4, 0.5) is 13.2 Å². The number of tetrazole rings is 1. The van der Waals surface area contributed by atoms with Gasteiger partial charge in [0, 0.05) is 63.5 Å². The van der Waals surface area contributed by atoms with Crippen molar-refractivity contribution in [3.05, 3.63) is 125 Å². The highest BCUT2D eigenvalue weighted by molar-refractivity contribution is 5.92. The SMILES string of the molecule is COc1ccc(-n2nnnc2C(F)(F)F)c(OC)c1CN1CC2CN(C(=O)c3ccccn3)CCN2C(C(c2ccccc2)c2ccccc2)C1. The van der Waals surface area contributed by atoms with Crippen molar-refractivity contribution in [1.82, 2.24) is 39.9 Å². The van der Waals surface area contributed by atoms with Crippen molar-refractivity contribution in [1.29, 1.82) is 0 Å². The lowest BCUT2D eigenvalue weighted by Crippen LogP contribution is -2.67. The molecule has 2 aliphatic rings. The third kappa shape index (κ3) is 6.88. The van der Waals surface area contributed by atoms with Gasteiger partial charge in [-0.2, -0.15) is 17.9 Å². The fourth-order valence-electron chi connectivity index (χ4n) is 7.51. The number of methoxy groups -OCH3 is 2. The third-order valence-corrected chi connectivity index (χ3v) is 9.70. The Morgan fingerprint density at radius 2 is 1.57 bits per heavy atom. The number of carbonyl (C=O) groups is 1. The Bertz CT molecular complexity index is 1910. The minimum Gasteiger partial charge on any atom is -0.496 e. The molecule has 2 aromatic heterocycles. The van der Waals surface area contributed by atoms with Gasteiger partial charge in [0.1, 0.15) is 17.1 Å². The molecule has 11 nitrogen and oxygen atoms in total. The number of fused-ring (bicyclic) bond motifs is 1. The molecule has 2 saturated heterocycles. The van der Waals surface area contributed by atoms with Crippen LogP contribution in [-0.4, -0.2) is 105 Å². The van der Waals surface area contributed by atoms with E-state index >= 15 is 0 Å². The van der Waals surface area contributed by atoms with E-state index in [2.05, 4.69) is 54.6 Å². The smallest absolute Gasteiger partial charge is 0.453 e. The van der Waals surface area contributed by atoms with Crippen molar-refractivity contribution in [2.24, 2.45) is 0 Å². The van der Waals surface area contributed by atoms with Crippen LogP contribution in [0.5, 0.6) is 11.5 Å². The van der Waals surface area contributed by atoms with Crippen molar-refractivity contribution >= 4 is 5.91 Å². The number of amides is 1. The summed E-state index contributed by atoms with van der Waals surface area (Å²) >= 11 is 0. The van der Waals surface area contributed by atoms with Crippen LogP contribution < -0.4 is 9.47 Å². The van der Waals surface area contributed by atoms with Crippen LogP contribution in [-0.2, 0) is 12.7 Å². The molecule has 0 saturated carbocycles. The molecular weight excluding hydrogens is 661 g/mol. The number of nitrogens with zero attached hydrogens (tertiary/aromatic N) is 8. The molecule has 0 spiro atoms. The first kappa shape index (κ1) is 34.1. The van der Waals surface area contributed by atoms with E-state index in [4.69, 9.17) is 9.47 Å². The second kappa shape index (κ2) is 14.5. The number of benzene rings is 3. The van der Waals surface area contributed by atoms with Gasteiger partial charge >= 0.3 is 6.18 Å². The molecule has 3 aromatic carbocycles. The maximum Gasteiger partial charge on any atom is 0.453 e. The van der Waals surface area contributed by atoms with Gasteiger partial charge in [-0.1, -0.05) is 66.7 Å². The van der Waals surface area contributed by atoms with Crippen LogP contribution in [0, 0.1) is 0 Å². The van der Waals surface area contributed by atoms with E-state index in [-0.39, 0.29) is 41.9 Å². The molecule has 1 amide bonds. The van der Waals surface area contributed by atoms with Gasteiger partial charge in [-0.05, 0) is 45.8 Å². The van der Waals surface area contributed by atoms with E-state index in [1.165, 1.54) is 20.3 Å². The molecule has 2 atom stereocenters. The standard InChI is InChI=1S/C37H37F3N8O3/c1-50-32-17-16-30(48-36(37(38,39)40)42-43-44-48)34(51-2)28(32)23-45-21-27-22-46(35(49)29-15-9-10-18-41-29)19-20-47(27)31(24-45)33(25-11-5-3-6-12-25)26-13-7-4-8-14-26/h3-18,27,31,33H,19-24H2,1-2H3. The number of alkyl halides is 3. The van der Waals surface area contributed by atoms with Gasteiger partial charge in [0.05, 0.1) is 19.8 Å². The van der Waals surface area contributed by atoms with E-state index in [0.29, 0.717) is 54.4 Å². The maximum atomic E-state index is 13.9. The first-order valence-electron chi connectivity index (χ1n) is 16.6. The summed E-state index contributed by atoms with van der Waals surface area (Å²) < 4.78 is 53.9. The van der Waals surface area contributed by atoms with Gasteiger partial charge in [0.25, 0.3) is 11.7 Å². The van der Waals surface area contributed by atoms with E-state index in [0.717, 1.165) is 11.1 Å². The topological polar surface area (TPSA) is 102 Å². The molecule has 14 heteroatoms. The molecule has 2 fully saturated rings. The minimum atomic E-state index is -4.79. The second-order valence-corrected chi connectivity index (χ2v) is 12.6. The summed E-state index contributed by atoms with van der Waals surface area (Å²) in [5, 5.41) is 10.2. The zero-order valence-electron chi connectivity index (χ0n) is 28.1. The summed E-state index contributed by atoms with van der Waals surface area (Å²) in [6.07, 6.45) is -3.17. The molecule has 2 aliphatic heterocycles. The summed E-state index contributed by atoms with van der Waals surface area (Å²) in [5.74, 6) is -0.774. The van der Waals surface area contributed by atoms with Crippen LogP contribution in [0.2, 0.25) is 0 Å². The number of rotatable bonds is 9. The number of aromatic nitrogens is 5. The molecule has 0 N–H and O–H groups in total. The Labute approximate surface area is 293 Å². The maximum absolute atomic E-state index is 13.9. The zero-order valence-corrected chi connectivity index (χ0v) is 28.1. The number of halogens is 3. The lowest BCUT2D eigenvalue weighted by atomic mass is 9.81. The lowest BCUT2D eigenvalue weighted by molar-refractivity contribution is -0.146. The van der Waals surface area contributed by atoms with Crippen molar-refractivity contribution in [2.75, 3.05) is 46.9 Å². The Hall–Kier alpha value is -5.34. The van der Waals surface area contributed by atoms with Crippen LogP contribution in [0.15, 0.2) is 97.2 Å². The van der Waals surface area contributed by atoms with Gasteiger partial charge in [0.15, 0.2) is 5.75 Å². The van der Waals surface area contributed by atoms with Crippen LogP contribution in [0.25, 0.3) is 5.69 Å². The van der Waals surface area contributed by atoms with Crippen molar-refractivity contribution < 1.29 is 27.4 Å². The summed E-state index contributed by atoms with van der Waals surface area (Å²) in [5.41, 5.74) is 3.32. The summed E-state index contributed by atoms with van der Waals surface area (Å²) in [7, 11) is 2.92. The molecule has 5 aromatic rings. The van der Waals surface area contributed by atoms with Gasteiger partial charge < -0.3 is 14.4 Å². The highest BCUT2D eigenvalue weighted by atomic mass is 19.4. The molecule has 0 radical (unpaired) electrons. The normalized spacial score (nSPS) is 18.4. The first-order chi connectivity index (χ1) is 24.8. The average Bonchev–Trinajstić information content (AvgIpc) is 3.67. The fraction of sp³-hybridized carbons (Fsp3) is 0.324. The fourth-order valence-corrected chi connectivity index (χ4v) is 7.51. The van der Waals surface area contributed by atoms with E-state index < -0.39 is 12.0 Å². The largest absolute Gasteiger partial charge is 0.496 e. The van der Waals surface area contributed by atoms with Crippen LogP contribution in [0.1, 0.15) is 38.9 Å². The quantitative estimate of drug-likeness (QED) is 0.212. The molecule has 0 aliphatic carbocycles. The average molecular weight is 699 g/mol. The van der Waals surface area contributed by atoms with E-state index in [1.54, 1.807) is 30.5 Å². The Morgan fingerprint density at radius 3 is 2.20 bits per heavy atom. The highest BCUT2D eigenvalue weighted by Gasteiger charge is 2.44. The van der Waals surface area contributed by atoms with Gasteiger partial charge in [0.2, 0.25) is 0 Å². The third-order valence-electron chi connectivity index (χ3n) is 9.70. The molecule has 2 unspecified atom stereocenters. The zero-order chi connectivity index (χ0) is 35.5. The first-order valence-corrected chi connectivity index (χ1v) is 16.6. The minimum absolute atomic E-state index is 0.0126. The molecule has 4 heterocycles. The Morgan fingerprint density at radius 1 is 0.863 bits per heavy atom. The number of piperazine rings is 2.